The summed E-state index contributed by atoms with van der Waals surface area (Å²) in [5.74, 6) is 0.207. The number of fused-ring (bicyclic) bond motifs is 2. The zero-order valence-electron chi connectivity index (χ0n) is 16.7. The molecule has 2 heterocycles. The first-order chi connectivity index (χ1) is 14.6. The molecular formula is C25H22N2O2S. The molecule has 0 bridgehead atoms. The molecule has 5 heteroatoms. The Morgan fingerprint density at radius 2 is 1.63 bits per heavy atom. The van der Waals surface area contributed by atoms with Crippen molar-refractivity contribution >= 4 is 35.0 Å². The zero-order chi connectivity index (χ0) is 20.7. The molecule has 5 rings (SSSR count). The number of carbonyl (C=O) groups is 2. The minimum atomic E-state index is -1.05. The van der Waals surface area contributed by atoms with Crippen LogP contribution in [0.25, 0.3) is 0 Å². The summed E-state index contributed by atoms with van der Waals surface area (Å²) >= 11 is 1.43. The Kier molecular flexibility index (Phi) is 4.63. The van der Waals surface area contributed by atoms with Gasteiger partial charge in [0.05, 0.1) is 18.0 Å². The van der Waals surface area contributed by atoms with Gasteiger partial charge >= 0.3 is 0 Å². The maximum atomic E-state index is 14.0. The van der Waals surface area contributed by atoms with Crippen molar-refractivity contribution in [1.82, 2.24) is 0 Å². The van der Waals surface area contributed by atoms with Gasteiger partial charge in [0.15, 0.2) is 0 Å². The molecule has 150 valence electrons. The number of amides is 2. The molecule has 4 nitrogen and oxygen atoms in total. The predicted octanol–water partition coefficient (Wildman–Crippen LogP) is 4.73. The van der Waals surface area contributed by atoms with E-state index in [0.29, 0.717) is 6.54 Å². The summed E-state index contributed by atoms with van der Waals surface area (Å²) in [6, 6.07) is 25.8. The number of hydrogen-bond acceptors (Lipinski definition) is 3. The van der Waals surface area contributed by atoms with Gasteiger partial charge in [-0.3, -0.25) is 14.5 Å². The first-order valence-electron chi connectivity index (χ1n) is 10.2. The molecule has 30 heavy (non-hydrogen) atoms. The van der Waals surface area contributed by atoms with Crippen molar-refractivity contribution in [1.29, 1.82) is 0 Å². The lowest BCUT2D eigenvalue weighted by atomic mass is 10.0. The molecule has 1 spiro atoms. The van der Waals surface area contributed by atoms with Gasteiger partial charge in [0.1, 0.15) is 0 Å². The first-order valence-corrected chi connectivity index (χ1v) is 11.1. The molecule has 0 aromatic heterocycles. The molecule has 3 aromatic rings. The fraction of sp³-hybridized carbons (Fsp3) is 0.200. The SMILES string of the molecule is CCc1cccc(N2C(=O)CS[C@]23C(=O)N(Cc2ccccc2)c2ccccc23)c1. The number of para-hydroxylation sites is 1. The van der Waals surface area contributed by atoms with E-state index in [2.05, 4.69) is 13.0 Å². The molecule has 1 atom stereocenters. The highest BCUT2D eigenvalue weighted by Crippen LogP contribution is 2.55. The van der Waals surface area contributed by atoms with Crippen molar-refractivity contribution in [3.8, 4) is 0 Å². The van der Waals surface area contributed by atoms with Crippen molar-refractivity contribution < 1.29 is 9.59 Å². The lowest BCUT2D eigenvalue weighted by Crippen LogP contribution is -2.49. The van der Waals surface area contributed by atoms with E-state index >= 15 is 0 Å². The third kappa shape index (κ3) is 2.76. The lowest BCUT2D eigenvalue weighted by Gasteiger charge is -2.33. The van der Waals surface area contributed by atoms with Crippen LogP contribution in [0, 0.1) is 0 Å². The maximum absolute atomic E-state index is 14.0. The summed E-state index contributed by atoms with van der Waals surface area (Å²) in [6.07, 6.45) is 0.876. The number of aryl methyl sites for hydroxylation is 1. The van der Waals surface area contributed by atoms with Crippen molar-refractivity contribution in [3.05, 3.63) is 95.6 Å². The molecular weight excluding hydrogens is 392 g/mol. The summed E-state index contributed by atoms with van der Waals surface area (Å²) in [5, 5.41) is 0. The van der Waals surface area contributed by atoms with Crippen LogP contribution in [0.4, 0.5) is 11.4 Å². The topological polar surface area (TPSA) is 40.6 Å². The monoisotopic (exact) mass is 414 g/mol. The Hall–Kier alpha value is -3.05. The van der Waals surface area contributed by atoms with E-state index in [1.807, 2.05) is 77.7 Å². The van der Waals surface area contributed by atoms with Crippen molar-refractivity contribution in [2.45, 2.75) is 24.8 Å². The van der Waals surface area contributed by atoms with Crippen LogP contribution in [0.1, 0.15) is 23.6 Å². The minimum absolute atomic E-state index is 0.0297. The van der Waals surface area contributed by atoms with Crippen LogP contribution in [0.15, 0.2) is 78.9 Å². The van der Waals surface area contributed by atoms with Crippen LogP contribution in [-0.2, 0) is 27.4 Å². The van der Waals surface area contributed by atoms with E-state index in [4.69, 9.17) is 0 Å². The van der Waals surface area contributed by atoms with Crippen molar-refractivity contribution in [3.63, 3.8) is 0 Å². The number of carbonyl (C=O) groups excluding carboxylic acids is 2. The Balaban J connectivity index is 1.65. The van der Waals surface area contributed by atoms with E-state index < -0.39 is 4.87 Å². The molecule has 0 aliphatic carbocycles. The average Bonchev–Trinajstić information content (AvgIpc) is 3.26. The summed E-state index contributed by atoms with van der Waals surface area (Å²) in [6.45, 7) is 2.57. The Bertz CT molecular complexity index is 1130. The summed E-state index contributed by atoms with van der Waals surface area (Å²) in [7, 11) is 0. The Labute approximate surface area is 180 Å². The van der Waals surface area contributed by atoms with Crippen LogP contribution in [0.5, 0.6) is 0 Å². The third-order valence-corrected chi connectivity index (χ3v) is 7.21. The molecule has 2 aliphatic rings. The number of nitrogens with zero attached hydrogens (tertiary/aromatic N) is 2. The van der Waals surface area contributed by atoms with Gasteiger partial charge in [-0.2, -0.15) is 0 Å². The second-order valence-corrected chi connectivity index (χ2v) is 8.75. The number of thioether (sulfide) groups is 1. The van der Waals surface area contributed by atoms with Crippen LogP contribution in [0.3, 0.4) is 0 Å². The Morgan fingerprint density at radius 1 is 0.900 bits per heavy atom. The Morgan fingerprint density at radius 3 is 2.43 bits per heavy atom. The second kappa shape index (κ2) is 7.33. The molecule has 0 radical (unpaired) electrons. The van der Waals surface area contributed by atoms with Crippen LogP contribution < -0.4 is 9.80 Å². The fourth-order valence-corrected chi connectivity index (χ4v) is 5.75. The molecule has 1 fully saturated rings. The van der Waals surface area contributed by atoms with Gasteiger partial charge in [0.25, 0.3) is 5.91 Å². The molecule has 0 N–H and O–H groups in total. The first kappa shape index (κ1) is 18.9. The fourth-order valence-electron chi connectivity index (χ4n) is 4.39. The largest absolute Gasteiger partial charge is 0.304 e. The molecule has 2 aliphatic heterocycles. The molecule has 0 unspecified atom stereocenters. The maximum Gasteiger partial charge on any atom is 0.269 e. The minimum Gasteiger partial charge on any atom is -0.304 e. The van der Waals surface area contributed by atoms with E-state index in [1.165, 1.54) is 11.8 Å². The highest BCUT2D eigenvalue weighted by Gasteiger charge is 2.60. The van der Waals surface area contributed by atoms with Crippen LogP contribution >= 0.6 is 11.8 Å². The highest BCUT2D eigenvalue weighted by molar-refractivity contribution is 8.02. The number of rotatable bonds is 4. The van der Waals surface area contributed by atoms with Gasteiger partial charge in [0, 0.05) is 11.3 Å². The third-order valence-electron chi connectivity index (χ3n) is 5.82. The summed E-state index contributed by atoms with van der Waals surface area (Å²) < 4.78 is 0. The van der Waals surface area contributed by atoms with Crippen LogP contribution in [0.2, 0.25) is 0 Å². The highest BCUT2D eigenvalue weighted by atomic mass is 32.2. The summed E-state index contributed by atoms with van der Waals surface area (Å²) in [5.41, 5.74) is 4.77. The number of hydrogen-bond donors (Lipinski definition) is 0. The predicted molar refractivity (Wildman–Crippen MR) is 122 cm³/mol. The van der Waals surface area contributed by atoms with Crippen molar-refractivity contribution in [2.75, 3.05) is 15.6 Å². The quantitative estimate of drug-likeness (QED) is 0.620. The molecule has 3 aromatic carbocycles. The lowest BCUT2D eigenvalue weighted by molar-refractivity contribution is -0.123. The molecule has 2 amide bonds. The zero-order valence-corrected chi connectivity index (χ0v) is 17.6. The number of anilines is 2. The van der Waals surface area contributed by atoms with Gasteiger partial charge in [-0.05, 0) is 35.7 Å². The van der Waals surface area contributed by atoms with Crippen LogP contribution in [-0.4, -0.2) is 17.6 Å². The van der Waals surface area contributed by atoms with Gasteiger partial charge in [-0.25, -0.2) is 0 Å². The van der Waals surface area contributed by atoms with Crippen molar-refractivity contribution in [2.24, 2.45) is 0 Å². The van der Waals surface area contributed by atoms with E-state index in [0.717, 1.165) is 34.5 Å². The standard InChI is InChI=1S/C25H22N2O2S/c1-2-18-11-8-12-20(15-18)27-23(28)17-30-25(27)21-13-6-7-14-22(21)26(24(25)29)16-19-9-4-3-5-10-19/h3-15H,2,16-17H2,1H3/t25-/m1/s1. The van der Waals surface area contributed by atoms with E-state index in [1.54, 1.807) is 4.90 Å². The van der Waals surface area contributed by atoms with E-state index in [9.17, 15) is 9.59 Å². The molecule has 0 saturated carbocycles. The average molecular weight is 415 g/mol. The molecule has 1 saturated heterocycles. The van der Waals surface area contributed by atoms with Gasteiger partial charge in [-0.1, -0.05) is 67.6 Å². The summed E-state index contributed by atoms with van der Waals surface area (Å²) in [4.78, 5) is 29.6. The smallest absolute Gasteiger partial charge is 0.269 e. The van der Waals surface area contributed by atoms with Gasteiger partial charge < -0.3 is 4.90 Å². The van der Waals surface area contributed by atoms with Gasteiger partial charge in [-0.15, -0.1) is 11.8 Å². The normalized spacial score (nSPS) is 20.3. The van der Waals surface area contributed by atoms with Gasteiger partial charge in [0.2, 0.25) is 10.8 Å². The number of benzene rings is 3. The van der Waals surface area contributed by atoms with E-state index in [-0.39, 0.29) is 17.6 Å². The second-order valence-electron chi connectivity index (χ2n) is 7.58.